The number of ether oxygens (including phenoxy) is 1. The standard InChI is InChI=1S/C19H32N8O5/c1-25(2)5-3-6-26(7-4-11(20)19(30)31)8-12-14(28)15(29)18(32-12)27-10-24-13-16(21)22-9-23-17(13)27/h9-12,14-15,18,28-29H,3-8,20H2,1-2H3,(H,30,31)(H2,21,22,23)/t11-,12-,14-,15-,18-/m0/s1. The molecule has 13 heteroatoms. The summed E-state index contributed by atoms with van der Waals surface area (Å²) in [5, 5.41) is 30.4. The fourth-order valence-electron chi connectivity index (χ4n) is 3.77. The van der Waals surface area contributed by atoms with Gasteiger partial charge in [-0.25, -0.2) is 15.0 Å². The number of aliphatic carboxylic acids is 1. The van der Waals surface area contributed by atoms with Crippen LogP contribution in [0.15, 0.2) is 12.7 Å². The number of fused-ring (bicyclic) bond motifs is 1. The van der Waals surface area contributed by atoms with Gasteiger partial charge >= 0.3 is 5.97 Å². The summed E-state index contributed by atoms with van der Waals surface area (Å²) in [5.41, 5.74) is 12.3. The monoisotopic (exact) mass is 452 g/mol. The number of nitrogens with two attached hydrogens (primary N) is 2. The summed E-state index contributed by atoms with van der Waals surface area (Å²) in [6.45, 7) is 2.24. The highest BCUT2D eigenvalue weighted by Gasteiger charge is 2.44. The second kappa shape index (κ2) is 10.5. The lowest BCUT2D eigenvalue weighted by atomic mass is 10.1. The minimum atomic E-state index is -1.21. The third-order valence-corrected chi connectivity index (χ3v) is 5.59. The van der Waals surface area contributed by atoms with E-state index in [0.29, 0.717) is 30.8 Å². The summed E-state index contributed by atoms with van der Waals surface area (Å²) in [4.78, 5) is 27.4. The van der Waals surface area contributed by atoms with Gasteiger partial charge < -0.3 is 41.3 Å². The van der Waals surface area contributed by atoms with E-state index in [1.807, 2.05) is 19.0 Å². The Morgan fingerprint density at radius 1 is 1.22 bits per heavy atom. The van der Waals surface area contributed by atoms with Gasteiger partial charge in [-0.1, -0.05) is 0 Å². The Morgan fingerprint density at radius 2 is 1.97 bits per heavy atom. The van der Waals surface area contributed by atoms with E-state index in [2.05, 4.69) is 19.9 Å². The molecule has 0 aliphatic carbocycles. The molecule has 0 spiro atoms. The Kier molecular flexibility index (Phi) is 7.92. The molecule has 32 heavy (non-hydrogen) atoms. The fraction of sp³-hybridized carbons (Fsp3) is 0.684. The van der Waals surface area contributed by atoms with Crippen LogP contribution in [-0.4, -0.2) is 115 Å². The molecule has 7 N–H and O–H groups in total. The van der Waals surface area contributed by atoms with Crippen molar-refractivity contribution in [1.29, 1.82) is 0 Å². The predicted molar refractivity (Wildman–Crippen MR) is 115 cm³/mol. The number of aliphatic hydroxyl groups is 2. The zero-order valence-corrected chi connectivity index (χ0v) is 18.3. The maximum absolute atomic E-state index is 11.1. The van der Waals surface area contributed by atoms with E-state index in [-0.39, 0.29) is 12.2 Å². The van der Waals surface area contributed by atoms with Crippen molar-refractivity contribution in [2.45, 2.75) is 43.4 Å². The molecule has 5 atom stereocenters. The first-order valence-electron chi connectivity index (χ1n) is 10.5. The number of aliphatic hydroxyl groups excluding tert-OH is 2. The van der Waals surface area contributed by atoms with Crippen molar-refractivity contribution in [2.75, 3.05) is 46.0 Å². The summed E-state index contributed by atoms with van der Waals surface area (Å²) in [6.07, 6.45) is -0.130. The molecule has 0 bridgehead atoms. The van der Waals surface area contributed by atoms with E-state index in [1.54, 1.807) is 0 Å². The Bertz CT molecular complexity index is 909. The highest BCUT2D eigenvalue weighted by atomic mass is 16.6. The lowest BCUT2D eigenvalue weighted by molar-refractivity contribution is -0.138. The first-order valence-corrected chi connectivity index (χ1v) is 10.5. The largest absolute Gasteiger partial charge is 0.480 e. The average molecular weight is 453 g/mol. The van der Waals surface area contributed by atoms with Crippen LogP contribution in [0.3, 0.4) is 0 Å². The van der Waals surface area contributed by atoms with Crippen LogP contribution in [0, 0.1) is 0 Å². The van der Waals surface area contributed by atoms with Gasteiger partial charge in [0.05, 0.1) is 6.33 Å². The second-order valence-electron chi connectivity index (χ2n) is 8.32. The normalized spacial score (nSPS) is 24.6. The third kappa shape index (κ3) is 5.49. The molecule has 0 unspecified atom stereocenters. The molecule has 1 aliphatic rings. The van der Waals surface area contributed by atoms with Gasteiger partial charge in [0.15, 0.2) is 17.7 Å². The van der Waals surface area contributed by atoms with Crippen molar-refractivity contribution in [3.8, 4) is 0 Å². The van der Waals surface area contributed by atoms with E-state index >= 15 is 0 Å². The van der Waals surface area contributed by atoms with E-state index < -0.39 is 36.6 Å². The van der Waals surface area contributed by atoms with Crippen LogP contribution in [-0.2, 0) is 9.53 Å². The molecule has 1 aliphatic heterocycles. The minimum Gasteiger partial charge on any atom is -0.480 e. The maximum atomic E-state index is 11.1. The molecule has 1 fully saturated rings. The topological polar surface area (TPSA) is 189 Å². The van der Waals surface area contributed by atoms with Gasteiger partial charge in [-0.3, -0.25) is 9.36 Å². The molecule has 2 aromatic heterocycles. The molecular weight excluding hydrogens is 420 g/mol. The molecule has 3 rings (SSSR count). The highest BCUT2D eigenvalue weighted by Crippen LogP contribution is 2.32. The van der Waals surface area contributed by atoms with E-state index in [4.69, 9.17) is 21.3 Å². The highest BCUT2D eigenvalue weighted by molar-refractivity contribution is 5.81. The van der Waals surface area contributed by atoms with Crippen molar-refractivity contribution in [3.63, 3.8) is 0 Å². The molecule has 178 valence electrons. The van der Waals surface area contributed by atoms with Gasteiger partial charge in [-0.05, 0) is 40.0 Å². The van der Waals surface area contributed by atoms with Crippen molar-refractivity contribution >= 4 is 23.0 Å². The molecule has 0 amide bonds. The van der Waals surface area contributed by atoms with Crippen molar-refractivity contribution in [1.82, 2.24) is 29.3 Å². The second-order valence-corrected chi connectivity index (χ2v) is 8.32. The van der Waals surface area contributed by atoms with Gasteiger partial charge in [-0.15, -0.1) is 0 Å². The predicted octanol–water partition coefficient (Wildman–Crippen LogP) is -1.92. The lowest BCUT2D eigenvalue weighted by Crippen LogP contribution is -2.43. The fourth-order valence-corrected chi connectivity index (χ4v) is 3.77. The Morgan fingerprint density at radius 3 is 2.66 bits per heavy atom. The van der Waals surface area contributed by atoms with Crippen molar-refractivity contribution in [3.05, 3.63) is 12.7 Å². The molecular formula is C19H32N8O5. The number of anilines is 1. The molecule has 0 aromatic carbocycles. The van der Waals surface area contributed by atoms with Gasteiger partial charge in [0.2, 0.25) is 0 Å². The Balaban J connectivity index is 1.71. The van der Waals surface area contributed by atoms with E-state index in [1.165, 1.54) is 17.2 Å². The number of carboxylic acid groups (broad SMARTS) is 1. The van der Waals surface area contributed by atoms with Gasteiger partial charge in [0.1, 0.15) is 36.2 Å². The van der Waals surface area contributed by atoms with Crippen molar-refractivity contribution in [2.24, 2.45) is 5.73 Å². The lowest BCUT2D eigenvalue weighted by Gasteiger charge is -2.27. The van der Waals surface area contributed by atoms with E-state index in [0.717, 1.165) is 13.0 Å². The molecule has 13 nitrogen and oxygen atoms in total. The van der Waals surface area contributed by atoms with Gasteiger partial charge in [0, 0.05) is 13.1 Å². The van der Waals surface area contributed by atoms with Crippen LogP contribution in [0.25, 0.3) is 11.2 Å². The average Bonchev–Trinajstić information content (AvgIpc) is 3.28. The SMILES string of the molecule is CN(C)CCCN(CC[C@H](N)C(=O)O)C[C@@H]1O[C@H](n2cnc3c(N)ncnc32)[C@@H](O)[C@H]1O. The molecule has 0 radical (unpaired) electrons. The van der Waals surface area contributed by atoms with Crippen LogP contribution >= 0.6 is 0 Å². The number of imidazole rings is 1. The smallest absolute Gasteiger partial charge is 0.320 e. The number of hydrogen-bond donors (Lipinski definition) is 5. The van der Waals surface area contributed by atoms with Crippen LogP contribution in [0.2, 0.25) is 0 Å². The van der Waals surface area contributed by atoms with Crippen molar-refractivity contribution < 1.29 is 24.9 Å². The number of carbonyl (C=O) groups is 1. The third-order valence-electron chi connectivity index (χ3n) is 5.59. The molecule has 3 heterocycles. The first-order chi connectivity index (χ1) is 15.2. The minimum absolute atomic E-state index is 0.208. The summed E-state index contributed by atoms with van der Waals surface area (Å²) >= 11 is 0. The van der Waals surface area contributed by atoms with Gasteiger partial charge in [0.25, 0.3) is 0 Å². The van der Waals surface area contributed by atoms with Gasteiger partial charge in [-0.2, -0.15) is 0 Å². The molecule has 0 saturated carbocycles. The van der Waals surface area contributed by atoms with E-state index in [9.17, 15) is 15.0 Å². The summed E-state index contributed by atoms with van der Waals surface area (Å²) in [5.74, 6) is -0.848. The number of nitrogens with zero attached hydrogens (tertiary/aromatic N) is 6. The number of nitrogen functional groups attached to an aromatic ring is 1. The van der Waals surface area contributed by atoms with Crippen LogP contribution in [0.4, 0.5) is 5.82 Å². The number of hydrogen-bond acceptors (Lipinski definition) is 11. The molecule has 1 saturated heterocycles. The quantitative estimate of drug-likeness (QED) is 0.254. The zero-order valence-electron chi connectivity index (χ0n) is 18.3. The van der Waals surface area contributed by atoms with Crippen LogP contribution in [0.5, 0.6) is 0 Å². The Hall–Kier alpha value is -2.42. The maximum Gasteiger partial charge on any atom is 0.320 e. The number of carboxylic acids is 1. The number of aromatic nitrogens is 4. The van der Waals surface area contributed by atoms with Crippen LogP contribution in [0.1, 0.15) is 19.1 Å². The first kappa shape index (κ1) is 24.2. The van der Waals surface area contributed by atoms with Crippen LogP contribution < -0.4 is 11.5 Å². The summed E-state index contributed by atoms with van der Waals surface area (Å²) < 4.78 is 7.54. The zero-order chi connectivity index (χ0) is 23.4. The Labute approximate surface area is 185 Å². The molecule has 2 aromatic rings. The number of rotatable bonds is 11. The summed E-state index contributed by atoms with van der Waals surface area (Å²) in [6, 6.07) is -0.971. The summed E-state index contributed by atoms with van der Waals surface area (Å²) in [7, 11) is 3.95.